The van der Waals surface area contributed by atoms with E-state index in [2.05, 4.69) is 6.92 Å². The summed E-state index contributed by atoms with van der Waals surface area (Å²) in [5.74, 6) is -0.396. The molecule has 1 aliphatic carbocycles. The van der Waals surface area contributed by atoms with E-state index < -0.39 is 11.6 Å². The second kappa shape index (κ2) is 4.50. The first-order chi connectivity index (χ1) is 7.58. The van der Waals surface area contributed by atoms with Gasteiger partial charge in [-0.15, -0.1) is 0 Å². The first-order valence-corrected chi connectivity index (χ1v) is 5.78. The van der Waals surface area contributed by atoms with E-state index >= 15 is 0 Å². The Balaban J connectivity index is 2.28. The maximum Gasteiger partial charge on any atom is 0.129 e. The minimum Gasteiger partial charge on any atom is -0.327 e. The standard InChI is InChI=1S/C13H17F2N/c1-8-2-5-13(16)11(6-8)10-4-3-9(14)7-12(10)15/h3-4,7-8,11,13H,2,5-6,16H2,1H3. The van der Waals surface area contributed by atoms with Gasteiger partial charge in [-0.25, -0.2) is 8.78 Å². The fourth-order valence-electron chi connectivity index (χ4n) is 2.56. The average molecular weight is 225 g/mol. The van der Waals surface area contributed by atoms with Crippen LogP contribution in [-0.4, -0.2) is 6.04 Å². The van der Waals surface area contributed by atoms with E-state index in [1.165, 1.54) is 12.1 Å². The maximum absolute atomic E-state index is 13.6. The summed E-state index contributed by atoms with van der Waals surface area (Å²) in [7, 11) is 0. The quantitative estimate of drug-likeness (QED) is 0.780. The highest BCUT2D eigenvalue weighted by molar-refractivity contribution is 5.24. The molecule has 1 nitrogen and oxygen atoms in total. The molecule has 1 aromatic carbocycles. The van der Waals surface area contributed by atoms with Gasteiger partial charge in [0.15, 0.2) is 0 Å². The zero-order valence-corrected chi connectivity index (χ0v) is 9.42. The number of hydrogen-bond donors (Lipinski definition) is 1. The number of hydrogen-bond acceptors (Lipinski definition) is 1. The van der Waals surface area contributed by atoms with Crippen LogP contribution in [-0.2, 0) is 0 Å². The van der Waals surface area contributed by atoms with Crippen molar-refractivity contribution in [3.8, 4) is 0 Å². The summed E-state index contributed by atoms with van der Waals surface area (Å²) in [6, 6.07) is 3.79. The zero-order valence-electron chi connectivity index (χ0n) is 9.42. The largest absolute Gasteiger partial charge is 0.327 e. The van der Waals surface area contributed by atoms with Crippen LogP contribution in [0, 0.1) is 17.6 Å². The van der Waals surface area contributed by atoms with E-state index in [4.69, 9.17) is 5.73 Å². The van der Waals surface area contributed by atoms with Gasteiger partial charge in [0.05, 0.1) is 0 Å². The molecule has 2 N–H and O–H groups in total. The summed E-state index contributed by atoms with van der Waals surface area (Å²) in [5.41, 5.74) is 6.59. The van der Waals surface area contributed by atoms with Gasteiger partial charge in [0.2, 0.25) is 0 Å². The summed E-state index contributed by atoms with van der Waals surface area (Å²) < 4.78 is 26.5. The molecule has 0 amide bonds. The third-order valence-electron chi connectivity index (χ3n) is 3.53. The Hall–Kier alpha value is -0.960. The van der Waals surface area contributed by atoms with Gasteiger partial charge in [0.25, 0.3) is 0 Å². The van der Waals surface area contributed by atoms with Crippen molar-refractivity contribution in [2.45, 2.75) is 38.1 Å². The monoisotopic (exact) mass is 225 g/mol. The lowest BCUT2D eigenvalue weighted by molar-refractivity contribution is 0.301. The highest BCUT2D eigenvalue weighted by Gasteiger charge is 2.29. The summed E-state index contributed by atoms with van der Waals surface area (Å²) >= 11 is 0. The summed E-state index contributed by atoms with van der Waals surface area (Å²) in [6.45, 7) is 2.15. The molecule has 1 aliphatic rings. The predicted molar refractivity (Wildman–Crippen MR) is 60.1 cm³/mol. The lowest BCUT2D eigenvalue weighted by Crippen LogP contribution is -2.34. The molecule has 88 valence electrons. The maximum atomic E-state index is 13.6. The minimum atomic E-state index is -0.529. The van der Waals surface area contributed by atoms with Crippen molar-refractivity contribution >= 4 is 0 Å². The van der Waals surface area contributed by atoms with Crippen molar-refractivity contribution in [1.82, 2.24) is 0 Å². The molecule has 16 heavy (non-hydrogen) atoms. The minimum absolute atomic E-state index is 0.00355. The summed E-state index contributed by atoms with van der Waals surface area (Å²) in [4.78, 5) is 0. The normalized spacial score (nSPS) is 30.4. The van der Waals surface area contributed by atoms with E-state index in [0.717, 1.165) is 25.3 Å². The van der Waals surface area contributed by atoms with Crippen LogP contribution < -0.4 is 5.73 Å². The molecule has 0 saturated heterocycles. The van der Waals surface area contributed by atoms with E-state index in [1.54, 1.807) is 0 Å². The molecule has 1 saturated carbocycles. The van der Waals surface area contributed by atoms with Crippen molar-refractivity contribution in [1.29, 1.82) is 0 Å². The lowest BCUT2D eigenvalue weighted by atomic mass is 9.75. The van der Waals surface area contributed by atoms with Crippen molar-refractivity contribution in [3.63, 3.8) is 0 Å². The van der Waals surface area contributed by atoms with E-state index in [0.29, 0.717) is 11.5 Å². The smallest absolute Gasteiger partial charge is 0.129 e. The SMILES string of the molecule is CC1CCC(N)C(c2ccc(F)cc2F)C1. The second-order valence-electron chi connectivity index (χ2n) is 4.85. The fraction of sp³-hybridized carbons (Fsp3) is 0.538. The number of benzene rings is 1. The van der Waals surface area contributed by atoms with Gasteiger partial charge < -0.3 is 5.73 Å². The van der Waals surface area contributed by atoms with Crippen molar-refractivity contribution < 1.29 is 8.78 Å². The third-order valence-corrected chi connectivity index (χ3v) is 3.53. The van der Waals surface area contributed by atoms with Crippen molar-refractivity contribution in [2.75, 3.05) is 0 Å². The number of rotatable bonds is 1. The Bertz CT molecular complexity index is 378. The van der Waals surface area contributed by atoms with E-state index in [-0.39, 0.29) is 12.0 Å². The molecule has 0 radical (unpaired) electrons. The summed E-state index contributed by atoms with van der Waals surface area (Å²) in [6.07, 6.45) is 2.91. The van der Waals surface area contributed by atoms with Gasteiger partial charge in [0.1, 0.15) is 11.6 Å². The van der Waals surface area contributed by atoms with Gasteiger partial charge in [-0.1, -0.05) is 13.0 Å². The Labute approximate surface area is 94.7 Å². The van der Waals surface area contributed by atoms with E-state index in [1.807, 2.05) is 0 Å². The highest BCUT2D eigenvalue weighted by Crippen LogP contribution is 2.36. The van der Waals surface area contributed by atoms with Crippen LogP contribution in [0.4, 0.5) is 8.78 Å². The van der Waals surface area contributed by atoms with Crippen LogP contribution in [0.3, 0.4) is 0 Å². The predicted octanol–water partition coefficient (Wildman–Crippen LogP) is 3.20. The van der Waals surface area contributed by atoms with Gasteiger partial charge >= 0.3 is 0 Å². The average Bonchev–Trinajstić information content (AvgIpc) is 2.22. The molecule has 0 heterocycles. The molecule has 0 bridgehead atoms. The topological polar surface area (TPSA) is 26.0 Å². The van der Waals surface area contributed by atoms with Gasteiger partial charge in [-0.05, 0) is 36.8 Å². The lowest BCUT2D eigenvalue weighted by Gasteiger charge is -2.33. The highest BCUT2D eigenvalue weighted by atomic mass is 19.1. The van der Waals surface area contributed by atoms with Crippen LogP contribution in [0.25, 0.3) is 0 Å². The van der Waals surface area contributed by atoms with Crippen LogP contribution >= 0.6 is 0 Å². The van der Waals surface area contributed by atoms with Gasteiger partial charge in [0, 0.05) is 18.0 Å². The van der Waals surface area contributed by atoms with Crippen LogP contribution in [0.2, 0.25) is 0 Å². The van der Waals surface area contributed by atoms with Gasteiger partial charge in [-0.3, -0.25) is 0 Å². The van der Waals surface area contributed by atoms with Crippen LogP contribution in [0.1, 0.15) is 37.7 Å². The van der Waals surface area contributed by atoms with E-state index in [9.17, 15) is 8.78 Å². The Morgan fingerprint density at radius 3 is 2.69 bits per heavy atom. The molecule has 2 rings (SSSR count). The molecule has 3 heteroatoms. The second-order valence-corrected chi connectivity index (χ2v) is 4.85. The molecular weight excluding hydrogens is 208 g/mol. The molecular formula is C13H17F2N. The molecule has 3 unspecified atom stereocenters. The van der Waals surface area contributed by atoms with Crippen LogP contribution in [0.5, 0.6) is 0 Å². The molecule has 1 fully saturated rings. The van der Waals surface area contributed by atoms with Crippen molar-refractivity contribution in [3.05, 3.63) is 35.4 Å². The fourth-order valence-corrected chi connectivity index (χ4v) is 2.56. The summed E-state index contributed by atoms with van der Waals surface area (Å²) in [5, 5.41) is 0. The number of halogens is 2. The Morgan fingerprint density at radius 1 is 1.25 bits per heavy atom. The molecule has 3 atom stereocenters. The number of nitrogens with two attached hydrogens (primary N) is 1. The zero-order chi connectivity index (χ0) is 11.7. The first kappa shape index (κ1) is 11.5. The first-order valence-electron chi connectivity index (χ1n) is 5.78. The molecule has 0 aromatic heterocycles. The Morgan fingerprint density at radius 2 is 2.00 bits per heavy atom. The molecule has 0 aliphatic heterocycles. The van der Waals surface area contributed by atoms with Crippen LogP contribution in [0.15, 0.2) is 18.2 Å². The molecule has 1 aromatic rings. The molecule has 0 spiro atoms. The van der Waals surface area contributed by atoms with Crippen molar-refractivity contribution in [2.24, 2.45) is 11.7 Å². The van der Waals surface area contributed by atoms with Gasteiger partial charge in [-0.2, -0.15) is 0 Å². The third kappa shape index (κ3) is 2.24. The Kier molecular flexibility index (Phi) is 3.24.